The van der Waals surface area contributed by atoms with Crippen molar-refractivity contribution in [2.75, 3.05) is 5.73 Å². The number of hydrogen-bond acceptors (Lipinski definition) is 3. The molecule has 0 fully saturated rings. The van der Waals surface area contributed by atoms with E-state index < -0.39 is 7.05 Å². The van der Waals surface area contributed by atoms with E-state index in [1.807, 2.05) is 19.1 Å². The van der Waals surface area contributed by atoms with Gasteiger partial charge in [-0.2, -0.15) is 0 Å². The third kappa shape index (κ3) is 3.57. The molecule has 0 heterocycles. The molecule has 0 saturated carbocycles. The van der Waals surface area contributed by atoms with E-state index in [2.05, 4.69) is 18.2 Å². The molecule has 0 aliphatic rings. The number of anilines is 1. The summed E-state index contributed by atoms with van der Waals surface area (Å²) < 4.78 is 0. The number of nitrogens with one attached hydrogen (secondary N) is 1. The van der Waals surface area contributed by atoms with Crippen molar-refractivity contribution in [1.29, 1.82) is 0 Å². The van der Waals surface area contributed by atoms with Crippen LogP contribution < -0.4 is 11.0 Å². The van der Waals surface area contributed by atoms with Gasteiger partial charge < -0.3 is 16.0 Å². The number of aryl methyl sites for hydroxylation is 1. The number of nitrogen functional groups attached to an aromatic ring is 1. The third-order valence-corrected chi connectivity index (χ3v) is 2.44. The van der Waals surface area contributed by atoms with Gasteiger partial charge >= 0.3 is 7.05 Å². The number of hydrogen-bond donors (Lipinski definition) is 3. The van der Waals surface area contributed by atoms with Crippen molar-refractivity contribution in [1.82, 2.24) is 5.23 Å². The predicted octanol–water partition coefficient (Wildman–Crippen LogP) is 1.59. The minimum atomic E-state index is -0.508. The van der Waals surface area contributed by atoms with Gasteiger partial charge in [-0.3, -0.25) is 0 Å². The van der Waals surface area contributed by atoms with Crippen molar-refractivity contribution >= 4 is 12.7 Å². The minimum absolute atomic E-state index is 0.110. The summed E-state index contributed by atoms with van der Waals surface area (Å²) in [6.07, 6.45) is 0.972. The second-order valence-electron chi connectivity index (χ2n) is 3.93. The summed E-state index contributed by atoms with van der Waals surface area (Å²) in [5.41, 5.74) is 8.94. The van der Waals surface area contributed by atoms with Gasteiger partial charge in [-0.05, 0) is 43.4 Å². The molecule has 1 aromatic rings. The lowest BCUT2D eigenvalue weighted by Crippen LogP contribution is -2.32. The number of nitrogens with two attached hydrogens (primary N) is 1. The van der Waals surface area contributed by atoms with Gasteiger partial charge in [0.05, 0.1) is 0 Å². The summed E-state index contributed by atoms with van der Waals surface area (Å²) in [5.74, 6) is 0. The Morgan fingerprint density at radius 3 is 2.67 bits per heavy atom. The summed E-state index contributed by atoms with van der Waals surface area (Å²) in [5, 5.41) is 12.3. The summed E-state index contributed by atoms with van der Waals surface area (Å²) in [4.78, 5) is 0. The molecule has 0 radical (unpaired) electrons. The Balaban J connectivity index is 2.88. The Labute approximate surface area is 91.8 Å². The molecule has 4 heteroatoms. The van der Waals surface area contributed by atoms with Gasteiger partial charge in [0.1, 0.15) is 0 Å². The van der Waals surface area contributed by atoms with Crippen LogP contribution in [0.4, 0.5) is 5.69 Å². The molecule has 0 aliphatic heterocycles. The molecule has 1 aromatic carbocycles. The summed E-state index contributed by atoms with van der Waals surface area (Å²) in [7, 11) is -0.508. The predicted molar refractivity (Wildman–Crippen MR) is 65.6 cm³/mol. The zero-order chi connectivity index (χ0) is 11.4. The molecule has 82 valence electrons. The first kappa shape index (κ1) is 12.1. The molecule has 0 spiro atoms. The quantitative estimate of drug-likeness (QED) is 0.518. The van der Waals surface area contributed by atoms with Crippen LogP contribution in [-0.2, 0) is 6.42 Å². The third-order valence-electron chi connectivity index (χ3n) is 2.44. The molecule has 0 aliphatic carbocycles. The molecule has 0 unspecified atom stereocenters. The maximum absolute atomic E-state index is 9.24. The highest BCUT2D eigenvalue weighted by molar-refractivity contribution is 6.45. The maximum Gasteiger partial charge on any atom is 0.374 e. The van der Waals surface area contributed by atoms with Crippen molar-refractivity contribution < 1.29 is 5.02 Å². The first-order chi connectivity index (χ1) is 7.02. The maximum atomic E-state index is 9.24. The molecule has 4 N–H and O–H groups in total. The Hall–Kier alpha value is -0.995. The van der Waals surface area contributed by atoms with Crippen LogP contribution in [0.25, 0.3) is 0 Å². The monoisotopic (exact) mass is 206 g/mol. The molecule has 1 rings (SSSR count). The van der Waals surface area contributed by atoms with Crippen LogP contribution in [-0.4, -0.2) is 12.1 Å². The van der Waals surface area contributed by atoms with E-state index in [1.54, 1.807) is 6.82 Å². The average molecular weight is 206 g/mol. The largest absolute Gasteiger partial charge is 0.437 e. The fourth-order valence-electron chi connectivity index (χ4n) is 1.66. The highest BCUT2D eigenvalue weighted by Gasteiger charge is 2.11. The molecular weight excluding hydrogens is 187 g/mol. The zero-order valence-corrected chi connectivity index (χ0v) is 9.62. The van der Waals surface area contributed by atoms with E-state index in [1.165, 1.54) is 5.56 Å². The van der Waals surface area contributed by atoms with Crippen molar-refractivity contribution in [2.45, 2.75) is 33.1 Å². The van der Waals surface area contributed by atoms with Crippen molar-refractivity contribution in [3.05, 3.63) is 29.3 Å². The average Bonchev–Trinajstić information content (AvgIpc) is 2.15. The lowest BCUT2D eigenvalue weighted by Gasteiger charge is -2.16. The van der Waals surface area contributed by atoms with Gasteiger partial charge in [-0.25, -0.2) is 0 Å². The zero-order valence-electron chi connectivity index (χ0n) is 9.62. The molecule has 0 aromatic heterocycles. The molecule has 3 nitrogen and oxygen atoms in total. The van der Waals surface area contributed by atoms with E-state index in [9.17, 15) is 5.02 Å². The fourth-order valence-corrected chi connectivity index (χ4v) is 1.66. The Morgan fingerprint density at radius 1 is 1.47 bits per heavy atom. The van der Waals surface area contributed by atoms with Gasteiger partial charge in [0, 0.05) is 11.7 Å². The first-order valence-corrected chi connectivity index (χ1v) is 5.36. The van der Waals surface area contributed by atoms with Crippen LogP contribution in [0.1, 0.15) is 31.0 Å². The lowest BCUT2D eigenvalue weighted by atomic mass is 9.86. The lowest BCUT2D eigenvalue weighted by molar-refractivity contribution is 0.534. The van der Waals surface area contributed by atoms with Gasteiger partial charge in [-0.1, -0.05) is 13.0 Å². The number of benzene rings is 1. The summed E-state index contributed by atoms with van der Waals surface area (Å²) in [6, 6.07) is 6.16. The normalized spacial score (nSPS) is 12.5. The molecule has 0 saturated heterocycles. The first-order valence-electron chi connectivity index (χ1n) is 5.36. The topological polar surface area (TPSA) is 58.3 Å². The van der Waals surface area contributed by atoms with Crippen LogP contribution in [0.3, 0.4) is 0 Å². The van der Waals surface area contributed by atoms with Gasteiger partial charge in [0.2, 0.25) is 0 Å². The van der Waals surface area contributed by atoms with E-state index in [0.717, 1.165) is 17.7 Å². The van der Waals surface area contributed by atoms with Crippen molar-refractivity contribution in [3.8, 4) is 0 Å². The second-order valence-corrected chi connectivity index (χ2v) is 3.93. The van der Waals surface area contributed by atoms with Crippen molar-refractivity contribution in [3.63, 3.8) is 0 Å². The highest BCUT2D eigenvalue weighted by Crippen LogP contribution is 2.19. The second kappa shape index (κ2) is 5.19. The number of rotatable bonds is 4. The van der Waals surface area contributed by atoms with Crippen LogP contribution in [0, 0.1) is 0 Å². The fraction of sp³-hybridized carbons (Fsp3) is 0.455. The van der Waals surface area contributed by atoms with E-state index in [4.69, 9.17) is 5.73 Å². The van der Waals surface area contributed by atoms with Crippen LogP contribution in [0.2, 0.25) is 6.82 Å². The summed E-state index contributed by atoms with van der Waals surface area (Å²) >= 11 is 0. The molecular formula is C11H19BN2O. The van der Waals surface area contributed by atoms with Crippen LogP contribution >= 0.6 is 0 Å². The van der Waals surface area contributed by atoms with Crippen molar-refractivity contribution in [2.24, 2.45) is 0 Å². The Bertz CT molecular complexity index is 328. The van der Waals surface area contributed by atoms with E-state index >= 15 is 0 Å². The summed E-state index contributed by atoms with van der Waals surface area (Å²) in [6.45, 7) is 5.83. The van der Waals surface area contributed by atoms with E-state index in [-0.39, 0.29) is 6.04 Å². The van der Waals surface area contributed by atoms with Gasteiger partial charge in [0.15, 0.2) is 0 Å². The standard InChI is InChI=1S/C11H19BN2O/c1-4-9-5-10(7-11(13)6-9)8(2)14-12(3)15/h5-8,14-15H,4,13H2,1-3H3/t8-/m0/s1. The van der Waals surface area contributed by atoms with E-state index in [0.29, 0.717) is 0 Å². The van der Waals surface area contributed by atoms with Gasteiger partial charge in [0.25, 0.3) is 0 Å². The van der Waals surface area contributed by atoms with Crippen LogP contribution in [0.5, 0.6) is 0 Å². The SMILES string of the molecule is CCc1cc(N)cc([C@H](C)NB(C)O)c1. The van der Waals surface area contributed by atoms with Crippen LogP contribution in [0.15, 0.2) is 18.2 Å². The Morgan fingerprint density at radius 2 is 2.13 bits per heavy atom. The molecule has 1 atom stereocenters. The Kier molecular flexibility index (Phi) is 4.18. The molecule has 15 heavy (non-hydrogen) atoms. The molecule has 0 amide bonds. The highest BCUT2D eigenvalue weighted by atomic mass is 16.2. The minimum Gasteiger partial charge on any atom is -0.437 e. The van der Waals surface area contributed by atoms with Gasteiger partial charge in [-0.15, -0.1) is 0 Å². The molecule has 0 bridgehead atoms. The smallest absolute Gasteiger partial charge is 0.374 e.